The number of fused-ring (bicyclic) bond motifs is 1. The summed E-state index contributed by atoms with van der Waals surface area (Å²) < 4.78 is 30.6. The summed E-state index contributed by atoms with van der Waals surface area (Å²) in [5.41, 5.74) is 4.29. The van der Waals surface area contributed by atoms with Gasteiger partial charge in [0.15, 0.2) is 17.8 Å². The van der Waals surface area contributed by atoms with Gasteiger partial charge < -0.3 is 28.9 Å². The van der Waals surface area contributed by atoms with Gasteiger partial charge in [-0.25, -0.2) is 0 Å². The van der Waals surface area contributed by atoms with E-state index in [9.17, 15) is 5.21 Å². The lowest BCUT2D eigenvalue weighted by Crippen LogP contribution is -2.44. The van der Waals surface area contributed by atoms with Crippen molar-refractivity contribution in [2.24, 2.45) is 0 Å². The van der Waals surface area contributed by atoms with E-state index in [1.807, 2.05) is 58.0 Å². The molecule has 0 unspecified atom stereocenters. The van der Waals surface area contributed by atoms with E-state index in [4.69, 9.17) is 23.7 Å². The molecule has 3 heterocycles. The van der Waals surface area contributed by atoms with Crippen molar-refractivity contribution in [1.29, 1.82) is 0 Å². The summed E-state index contributed by atoms with van der Waals surface area (Å²) in [4.78, 5) is 0. The predicted molar refractivity (Wildman–Crippen MR) is 121 cm³/mol. The van der Waals surface area contributed by atoms with Crippen LogP contribution in [0.25, 0.3) is 0 Å². The van der Waals surface area contributed by atoms with Crippen LogP contribution < -0.4 is 0 Å². The number of hydrogen-bond donors (Lipinski definition) is 1. The minimum Gasteiger partial charge on any atom is -0.349 e. The highest BCUT2D eigenvalue weighted by Crippen LogP contribution is 2.44. The first kappa shape index (κ1) is 23.9. The van der Waals surface area contributed by atoms with E-state index in [0.717, 1.165) is 5.56 Å². The Morgan fingerprint density at radius 1 is 0.969 bits per heavy atom. The van der Waals surface area contributed by atoms with Gasteiger partial charge in [0.05, 0.1) is 6.61 Å². The van der Waals surface area contributed by atoms with Crippen LogP contribution in [0.2, 0.25) is 19.6 Å². The third-order valence-electron chi connectivity index (χ3n) is 5.69. The van der Waals surface area contributed by atoms with E-state index < -0.39 is 50.2 Å². The van der Waals surface area contributed by atoms with Gasteiger partial charge in [-0.3, -0.25) is 0 Å². The third-order valence-corrected chi connectivity index (χ3v) is 6.58. The monoisotopic (exact) mass is 461 g/mol. The van der Waals surface area contributed by atoms with E-state index in [0.29, 0.717) is 6.61 Å². The number of benzene rings is 1. The average molecular weight is 462 g/mol. The molecule has 3 aliphatic rings. The maximum atomic E-state index is 11.5. The lowest BCUT2D eigenvalue weighted by Gasteiger charge is -2.32. The average Bonchev–Trinajstić information content (AvgIpc) is 3.31. The minimum absolute atomic E-state index is 0.323. The van der Waals surface area contributed by atoms with Crippen LogP contribution in [0.4, 0.5) is 0 Å². The van der Waals surface area contributed by atoms with Crippen molar-refractivity contribution in [3.63, 3.8) is 0 Å². The molecular formula is C24H35NO6Si. The molecule has 4 rings (SSSR count). The molecule has 176 valence electrons. The van der Waals surface area contributed by atoms with Crippen LogP contribution >= 0.6 is 0 Å². The summed E-state index contributed by atoms with van der Waals surface area (Å²) in [7, 11) is -1.67. The number of ether oxygens (including phenoxy) is 5. The fourth-order valence-corrected chi connectivity index (χ4v) is 4.94. The van der Waals surface area contributed by atoms with Gasteiger partial charge in [0.25, 0.3) is 0 Å². The molecule has 32 heavy (non-hydrogen) atoms. The van der Waals surface area contributed by atoms with Gasteiger partial charge in [-0.2, -0.15) is 0 Å². The van der Waals surface area contributed by atoms with E-state index in [2.05, 4.69) is 31.1 Å². The molecule has 0 saturated carbocycles. The number of hydroxylamine groups is 2. The zero-order valence-corrected chi connectivity index (χ0v) is 21.0. The van der Waals surface area contributed by atoms with Gasteiger partial charge in [-0.1, -0.05) is 55.9 Å². The van der Waals surface area contributed by atoms with Crippen molar-refractivity contribution >= 4 is 8.07 Å². The highest BCUT2D eigenvalue weighted by atomic mass is 28.3. The minimum atomic E-state index is -1.67. The number of rotatable bonds is 4. The maximum absolute atomic E-state index is 11.5. The Bertz CT molecular complexity index is 874. The Balaban J connectivity index is 1.64. The van der Waals surface area contributed by atoms with Crippen molar-refractivity contribution in [3.05, 3.63) is 35.9 Å². The van der Waals surface area contributed by atoms with E-state index in [1.165, 1.54) is 5.06 Å². The number of hydrogen-bond acceptors (Lipinski definition) is 7. The first-order valence-electron chi connectivity index (χ1n) is 11.2. The van der Waals surface area contributed by atoms with Crippen LogP contribution in [0, 0.1) is 11.5 Å². The zero-order valence-electron chi connectivity index (χ0n) is 20.0. The van der Waals surface area contributed by atoms with Crippen LogP contribution in [0.5, 0.6) is 0 Å². The van der Waals surface area contributed by atoms with Gasteiger partial charge in [0.2, 0.25) is 0 Å². The van der Waals surface area contributed by atoms with Crippen LogP contribution in [-0.2, 0) is 23.7 Å². The molecule has 0 bridgehead atoms. The Morgan fingerprint density at radius 3 is 2.22 bits per heavy atom. The van der Waals surface area contributed by atoms with Gasteiger partial charge in [0, 0.05) is 0 Å². The molecule has 3 aliphatic heterocycles. The van der Waals surface area contributed by atoms with Crippen molar-refractivity contribution in [3.8, 4) is 11.5 Å². The van der Waals surface area contributed by atoms with E-state index >= 15 is 0 Å². The number of nitrogens with zero attached hydrogens (tertiary/aromatic N) is 1. The van der Waals surface area contributed by atoms with Gasteiger partial charge in [-0.05, 0) is 33.3 Å². The second kappa shape index (κ2) is 8.49. The standard InChI is InChI=1S/C24H35NO6Si/c1-23(2)27-15-18(29-23)19-20-21(31-24(3,4)30-20)22(28-19)25(26)17(13-14-32(5,6)7)16-11-9-8-10-12-16/h8-12,17-22,26H,15H2,1-7H3/t17-,18+,19+,20-,21-,22-/m0/s1. The summed E-state index contributed by atoms with van der Waals surface area (Å²) in [6.07, 6.45) is -2.41. The van der Waals surface area contributed by atoms with Gasteiger partial charge in [-0.15, -0.1) is 10.6 Å². The molecule has 8 heteroatoms. The quantitative estimate of drug-likeness (QED) is 0.417. The second-order valence-corrected chi connectivity index (χ2v) is 15.4. The summed E-state index contributed by atoms with van der Waals surface area (Å²) in [6, 6.07) is 9.19. The molecule has 3 saturated heterocycles. The molecule has 0 spiro atoms. The molecule has 0 aromatic heterocycles. The molecule has 1 aromatic carbocycles. The molecule has 0 aliphatic carbocycles. The van der Waals surface area contributed by atoms with Crippen molar-refractivity contribution < 1.29 is 28.9 Å². The van der Waals surface area contributed by atoms with Crippen LogP contribution in [0.15, 0.2) is 30.3 Å². The Kier molecular flexibility index (Phi) is 6.33. The molecule has 0 amide bonds. The molecule has 7 nitrogen and oxygen atoms in total. The molecular weight excluding hydrogens is 426 g/mol. The molecule has 1 aromatic rings. The van der Waals surface area contributed by atoms with Crippen LogP contribution in [0.1, 0.15) is 39.3 Å². The SMILES string of the molecule is CC1(C)O[C@H]2[C@@H]([C@H]3COC(C)(C)O3)O[C@H](N(O)[C@@H](C#C[Si](C)(C)C)c3ccccc3)[C@H]2O1. The maximum Gasteiger partial charge on any atom is 0.164 e. The summed E-state index contributed by atoms with van der Waals surface area (Å²) in [6.45, 7) is 14.4. The third kappa shape index (κ3) is 5.11. The molecule has 0 radical (unpaired) electrons. The normalized spacial score (nSPS) is 34.2. The summed E-state index contributed by atoms with van der Waals surface area (Å²) >= 11 is 0. The van der Waals surface area contributed by atoms with Crippen molar-refractivity contribution in [2.45, 2.75) is 95.6 Å². The topological polar surface area (TPSA) is 69.6 Å². The van der Waals surface area contributed by atoms with Crippen LogP contribution in [-0.4, -0.2) is 67.2 Å². The molecule has 3 fully saturated rings. The Morgan fingerprint density at radius 2 is 1.62 bits per heavy atom. The highest BCUT2D eigenvalue weighted by molar-refractivity contribution is 6.83. The Hall–Kier alpha value is -1.28. The van der Waals surface area contributed by atoms with E-state index in [-0.39, 0.29) is 6.10 Å². The summed E-state index contributed by atoms with van der Waals surface area (Å²) in [5, 5.41) is 12.6. The molecule has 6 atom stereocenters. The first-order chi connectivity index (χ1) is 14.9. The smallest absolute Gasteiger partial charge is 0.164 e. The van der Waals surface area contributed by atoms with Crippen molar-refractivity contribution in [2.75, 3.05) is 6.61 Å². The van der Waals surface area contributed by atoms with Gasteiger partial charge in [0.1, 0.15) is 38.5 Å². The summed E-state index contributed by atoms with van der Waals surface area (Å²) in [5.74, 6) is 1.82. The Labute approximate surface area is 191 Å². The fraction of sp³-hybridized carbons (Fsp3) is 0.667. The zero-order chi connectivity index (χ0) is 23.3. The largest absolute Gasteiger partial charge is 0.349 e. The predicted octanol–water partition coefficient (Wildman–Crippen LogP) is 3.70. The highest BCUT2D eigenvalue weighted by Gasteiger charge is 2.60. The molecule has 1 N–H and O–H groups in total. The van der Waals surface area contributed by atoms with Gasteiger partial charge >= 0.3 is 0 Å². The first-order valence-corrected chi connectivity index (χ1v) is 14.7. The van der Waals surface area contributed by atoms with Crippen LogP contribution in [0.3, 0.4) is 0 Å². The fourth-order valence-electron chi connectivity index (χ4n) is 4.37. The lowest BCUT2D eigenvalue weighted by atomic mass is 10.0. The second-order valence-electron chi connectivity index (χ2n) is 10.6. The van der Waals surface area contributed by atoms with Crippen molar-refractivity contribution in [1.82, 2.24) is 5.06 Å². The van der Waals surface area contributed by atoms with E-state index in [1.54, 1.807) is 0 Å². The lowest BCUT2D eigenvalue weighted by molar-refractivity contribution is -0.279.